The van der Waals surface area contributed by atoms with Crippen LogP contribution in [0.1, 0.15) is 36.8 Å². The third-order valence-corrected chi connectivity index (χ3v) is 6.83. The highest BCUT2D eigenvalue weighted by molar-refractivity contribution is 5.90. The van der Waals surface area contributed by atoms with Gasteiger partial charge in [0.05, 0.1) is 5.41 Å². The van der Waals surface area contributed by atoms with Gasteiger partial charge in [0.15, 0.2) is 0 Å². The number of rotatable bonds is 5. The highest BCUT2D eigenvalue weighted by Gasteiger charge is 2.46. The van der Waals surface area contributed by atoms with Gasteiger partial charge in [-0.3, -0.25) is 14.6 Å². The second-order valence-electron chi connectivity index (χ2n) is 8.73. The molecule has 0 bridgehead atoms. The number of carbonyl (C=O) groups is 2. The van der Waals surface area contributed by atoms with Gasteiger partial charge in [-0.25, -0.2) is 0 Å². The predicted molar refractivity (Wildman–Crippen MR) is 123 cm³/mol. The van der Waals surface area contributed by atoms with Crippen LogP contribution in [0.3, 0.4) is 0 Å². The number of amides is 2. The first-order valence-corrected chi connectivity index (χ1v) is 11.4. The summed E-state index contributed by atoms with van der Waals surface area (Å²) in [5, 5.41) is 0. The van der Waals surface area contributed by atoms with Crippen molar-refractivity contribution in [3.63, 3.8) is 0 Å². The molecule has 0 spiro atoms. The molecule has 0 aliphatic carbocycles. The number of likely N-dealkylation sites (tertiary alicyclic amines) is 2. The normalized spacial score (nSPS) is 18.8. The molecular formula is C26H31N3O3. The molecule has 168 valence electrons. The third kappa shape index (κ3) is 4.40. The lowest BCUT2D eigenvalue weighted by atomic mass is 9.71. The molecule has 0 N–H and O–H groups in total. The van der Waals surface area contributed by atoms with E-state index >= 15 is 0 Å². The van der Waals surface area contributed by atoms with E-state index < -0.39 is 5.41 Å². The Morgan fingerprint density at radius 1 is 1.06 bits per heavy atom. The highest BCUT2D eigenvalue weighted by atomic mass is 16.5. The molecule has 6 nitrogen and oxygen atoms in total. The van der Waals surface area contributed by atoms with Gasteiger partial charge in [-0.2, -0.15) is 0 Å². The molecule has 0 unspecified atom stereocenters. The van der Waals surface area contributed by atoms with Crippen LogP contribution >= 0.6 is 0 Å². The summed E-state index contributed by atoms with van der Waals surface area (Å²) in [5.74, 6) is 0.973. The molecule has 2 saturated heterocycles. The summed E-state index contributed by atoms with van der Waals surface area (Å²) in [6.07, 6.45) is 7.87. The Bertz CT molecular complexity index is 959. The fraction of sp³-hybridized carbons (Fsp3) is 0.423. The molecule has 0 atom stereocenters. The Labute approximate surface area is 189 Å². The number of aryl methyl sites for hydroxylation is 1. The summed E-state index contributed by atoms with van der Waals surface area (Å²) >= 11 is 0. The van der Waals surface area contributed by atoms with Crippen LogP contribution in [0.25, 0.3) is 0 Å². The second kappa shape index (κ2) is 9.55. The van der Waals surface area contributed by atoms with E-state index in [0.29, 0.717) is 39.0 Å². The number of carbonyl (C=O) groups excluding carboxylic acids is 2. The van der Waals surface area contributed by atoms with Crippen molar-refractivity contribution in [1.29, 1.82) is 0 Å². The number of ether oxygens (including phenoxy) is 1. The summed E-state index contributed by atoms with van der Waals surface area (Å²) in [6, 6.07) is 11.9. The van der Waals surface area contributed by atoms with Crippen LogP contribution < -0.4 is 4.74 Å². The molecule has 3 heterocycles. The van der Waals surface area contributed by atoms with E-state index in [4.69, 9.17) is 4.74 Å². The summed E-state index contributed by atoms with van der Waals surface area (Å²) in [4.78, 5) is 33.9. The molecule has 6 heteroatoms. The number of aromatic nitrogens is 1. The van der Waals surface area contributed by atoms with Gasteiger partial charge < -0.3 is 14.5 Å². The molecule has 2 aromatic rings. The van der Waals surface area contributed by atoms with E-state index in [9.17, 15) is 9.59 Å². The Morgan fingerprint density at radius 3 is 2.38 bits per heavy atom. The first-order valence-electron chi connectivity index (χ1n) is 11.4. The van der Waals surface area contributed by atoms with E-state index in [0.717, 1.165) is 29.7 Å². The fourth-order valence-corrected chi connectivity index (χ4v) is 4.87. The Hall–Kier alpha value is -3.15. The maximum Gasteiger partial charge on any atom is 0.245 e. The molecule has 2 aliphatic heterocycles. The maximum atomic E-state index is 13.9. The number of benzene rings is 1. The lowest BCUT2D eigenvalue weighted by Gasteiger charge is -2.44. The molecule has 4 rings (SSSR count). The first-order chi connectivity index (χ1) is 15.5. The summed E-state index contributed by atoms with van der Waals surface area (Å²) in [5.41, 5.74) is 1.48. The Morgan fingerprint density at radius 2 is 1.75 bits per heavy atom. The number of hydrogen-bond acceptors (Lipinski definition) is 4. The Balaban J connectivity index is 1.46. The summed E-state index contributed by atoms with van der Waals surface area (Å²) in [7, 11) is 0. The van der Waals surface area contributed by atoms with Crippen molar-refractivity contribution >= 4 is 11.8 Å². The fourth-order valence-electron chi connectivity index (χ4n) is 4.87. The van der Waals surface area contributed by atoms with Gasteiger partial charge in [0.2, 0.25) is 11.8 Å². The van der Waals surface area contributed by atoms with Crippen LogP contribution in [0.15, 0.2) is 61.4 Å². The molecule has 2 aliphatic rings. The number of piperidine rings is 2. The van der Waals surface area contributed by atoms with Crippen molar-refractivity contribution in [3.8, 4) is 5.75 Å². The number of hydrogen-bond donors (Lipinski definition) is 0. The van der Waals surface area contributed by atoms with Crippen LogP contribution in [0.5, 0.6) is 5.75 Å². The van der Waals surface area contributed by atoms with Gasteiger partial charge in [-0.15, -0.1) is 0 Å². The van der Waals surface area contributed by atoms with E-state index in [1.54, 1.807) is 17.3 Å². The number of nitrogens with zero attached hydrogens (tertiary/aromatic N) is 3. The van der Waals surface area contributed by atoms with Crippen molar-refractivity contribution in [2.45, 2.75) is 44.1 Å². The average molecular weight is 434 g/mol. The Kier molecular flexibility index (Phi) is 6.58. The summed E-state index contributed by atoms with van der Waals surface area (Å²) in [6.45, 7) is 8.07. The van der Waals surface area contributed by atoms with Crippen molar-refractivity contribution in [3.05, 3.63) is 72.6 Å². The largest absolute Gasteiger partial charge is 0.490 e. The van der Waals surface area contributed by atoms with Gasteiger partial charge in [-0.05, 0) is 37.5 Å². The van der Waals surface area contributed by atoms with E-state index in [1.165, 1.54) is 6.08 Å². The lowest BCUT2D eigenvalue weighted by Crippen LogP contribution is -2.55. The van der Waals surface area contributed by atoms with Gasteiger partial charge in [-0.1, -0.05) is 36.9 Å². The maximum absolute atomic E-state index is 13.9. The molecule has 0 saturated carbocycles. The molecule has 1 aromatic heterocycles. The van der Waals surface area contributed by atoms with Crippen molar-refractivity contribution in [2.24, 2.45) is 0 Å². The van der Waals surface area contributed by atoms with E-state index in [-0.39, 0.29) is 17.9 Å². The molecular weight excluding hydrogens is 402 g/mol. The van der Waals surface area contributed by atoms with Crippen molar-refractivity contribution in [2.75, 3.05) is 26.2 Å². The van der Waals surface area contributed by atoms with Crippen LogP contribution in [0, 0.1) is 6.92 Å². The summed E-state index contributed by atoms with van der Waals surface area (Å²) < 4.78 is 6.19. The topological polar surface area (TPSA) is 62.7 Å². The lowest BCUT2D eigenvalue weighted by molar-refractivity contribution is -0.143. The van der Waals surface area contributed by atoms with Gasteiger partial charge in [0, 0.05) is 57.0 Å². The van der Waals surface area contributed by atoms with Gasteiger partial charge in [0.25, 0.3) is 0 Å². The molecule has 32 heavy (non-hydrogen) atoms. The highest BCUT2D eigenvalue weighted by Crippen LogP contribution is 2.38. The standard InChI is InChI=1S/C26H31N3O3/c1-3-24(30)28-17-12-26(13-18-28,21-7-5-4-6-8-21)25(31)29-15-10-22(11-16-29)32-23-9-14-27-19-20(23)2/h3-9,14,19,22H,1,10-13,15-18H2,2H3. The van der Waals surface area contributed by atoms with Gasteiger partial charge >= 0.3 is 0 Å². The van der Waals surface area contributed by atoms with E-state index in [2.05, 4.69) is 11.6 Å². The molecule has 2 fully saturated rings. The monoisotopic (exact) mass is 433 g/mol. The van der Waals surface area contributed by atoms with Crippen molar-refractivity contribution < 1.29 is 14.3 Å². The minimum absolute atomic E-state index is 0.0662. The molecule has 1 aromatic carbocycles. The second-order valence-corrected chi connectivity index (χ2v) is 8.73. The SMILES string of the molecule is C=CC(=O)N1CCC(C(=O)N2CCC(Oc3ccncc3C)CC2)(c2ccccc2)CC1. The average Bonchev–Trinajstić information content (AvgIpc) is 2.85. The van der Waals surface area contributed by atoms with E-state index in [1.807, 2.05) is 48.2 Å². The van der Waals surface area contributed by atoms with Crippen LogP contribution in [0.4, 0.5) is 0 Å². The third-order valence-electron chi connectivity index (χ3n) is 6.83. The van der Waals surface area contributed by atoms with Crippen molar-refractivity contribution in [1.82, 2.24) is 14.8 Å². The quantitative estimate of drug-likeness (QED) is 0.677. The van der Waals surface area contributed by atoms with Gasteiger partial charge in [0.1, 0.15) is 11.9 Å². The smallest absolute Gasteiger partial charge is 0.245 e. The van der Waals surface area contributed by atoms with Crippen LogP contribution in [-0.4, -0.2) is 58.9 Å². The van der Waals surface area contributed by atoms with Crippen LogP contribution in [-0.2, 0) is 15.0 Å². The molecule has 0 radical (unpaired) electrons. The first kappa shape index (κ1) is 22.1. The molecule has 2 amide bonds. The zero-order chi connectivity index (χ0) is 22.6. The predicted octanol–water partition coefficient (Wildman–Crippen LogP) is 3.51. The number of pyridine rings is 1. The van der Waals surface area contributed by atoms with Crippen LogP contribution in [0.2, 0.25) is 0 Å². The minimum Gasteiger partial charge on any atom is -0.490 e. The zero-order valence-corrected chi connectivity index (χ0v) is 18.7. The minimum atomic E-state index is -0.589. The zero-order valence-electron chi connectivity index (χ0n) is 18.7.